The van der Waals surface area contributed by atoms with Gasteiger partial charge in [-0.3, -0.25) is 0 Å². The second-order valence-electron chi connectivity index (χ2n) is 19.6. The molecule has 7 atom stereocenters. The summed E-state index contributed by atoms with van der Waals surface area (Å²) in [5, 5.41) is 2.49. The fourth-order valence-electron chi connectivity index (χ4n) is 13.0. The molecule has 268 valence electrons. The van der Waals surface area contributed by atoms with Crippen LogP contribution in [0.2, 0.25) is 0 Å². The van der Waals surface area contributed by atoms with Gasteiger partial charge in [0.05, 0.1) is 50.3 Å². The van der Waals surface area contributed by atoms with Gasteiger partial charge in [-0.1, -0.05) is 126 Å². The highest BCUT2D eigenvalue weighted by molar-refractivity contribution is 6.09. The van der Waals surface area contributed by atoms with Crippen LogP contribution >= 0.6 is 0 Å². The van der Waals surface area contributed by atoms with Gasteiger partial charge in [-0.25, -0.2) is 19.9 Å². The van der Waals surface area contributed by atoms with Crippen LogP contribution in [-0.4, -0.2) is 19.9 Å². The molecular formula is C51H44N4. The van der Waals surface area contributed by atoms with Gasteiger partial charge >= 0.3 is 0 Å². The van der Waals surface area contributed by atoms with Gasteiger partial charge in [0.15, 0.2) is 0 Å². The molecule has 0 saturated heterocycles. The first-order valence-electron chi connectivity index (χ1n) is 20.5. The van der Waals surface area contributed by atoms with E-state index in [2.05, 4.69) is 139 Å². The lowest BCUT2D eigenvalue weighted by Crippen LogP contribution is -2.53. The molecule has 1 spiro atoms. The fraction of sp³-hybridized carbons (Fsp3) is 0.333. The lowest BCUT2D eigenvalue weighted by Gasteiger charge is -2.56. The second-order valence-corrected chi connectivity index (χ2v) is 19.6. The maximum absolute atomic E-state index is 5.90. The number of nitrogens with zero attached hydrogens (tertiary/aromatic N) is 4. The molecule has 0 radical (unpaired) electrons. The van der Waals surface area contributed by atoms with Gasteiger partial charge in [-0.05, 0) is 103 Å². The third kappa shape index (κ3) is 3.49. The number of hydrogen-bond acceptors (Lipinski definition) is 4. The van der Waals surface area contributed by atoms with E-state index in [9.17, 15) is 0 Å². The molecule has 0 amide bonds. The van der Waals surface area contributed by atoms with E-state index in [-0.39, 0.29) is 34.0 Å². The van der Waals surface area contributed by atoms with E-state index in [1.54, 1.807) is 0 Å². The van der Waals surface area contributed by atoms with Crippen molar-refractivity contribution in [2.45, 2.75) is 94.3 Å². The van der Waals surface area contributed by atoms with Crippen molar-refractivity contribution in [1.29, 1.82) is 0 Å². The summed E-state index contributed by atoms with van der Waals surface area (Å²) in [6, 6.07) is 32.1. The monoisotopic (exact) mass is 712 g/mol. The molecule has 7 aliphatic rings. The Morgan fingerprint density at radius 1 is 0.564 bits per heavy atom. The molecule has 14 rings (SSSR count). The van der Waals surface area contributed by atoms with Gasteiger partial charge < -0.3 is 0 Å². The lowest BCUT2D eigenvalue weighted by atomic mass is 9.45. The van der Waals surface area contributed by atoms with Gasteiger partial charge in [-0.15, -0.1) is 0 Å². The first kappa shape index (κ1) is 31.0. The van der Waals surface area contributed by atoms with Gasteiger partial charge in [0.1, 0.15) is 0 Å². The molecule has 4 nitrogen and oxygen atoms in total. The highest BCUT2D eigenvalue weighted by Crippen LogP contribution is 2.76. The van der Waals surface area contributed by atoms with Crippen LogP contribution in [0.15, 0.2) is 97.1 Å². The standard InChI is InChI=1S/C51H44N4/c1-49(2,3)40-32-23-35-36(53-48-47(52-35)42-30-20-12-11-19-29(30)39-31-21-13-14-22-34(31)51(39,42)48)24-33(32)41(50(4,5)6)46-45(40)54-43-37-25-15-7-9-17-27(25)38(44(43)55-46)28-18-10-8-16-26(28)37/h7-9,11-17,19-24,26,28,37-39,42H,10,18H2,1-6H3. The van der Waals surface area contributed by atoms with Crippen molar-refractivity contribution in [3.05, 3.63) is 164 Å². The number of fused-ring (bicyclic) bond motifs is 10. The molecule has 55 heavy (non-hydrogen) atoms. The molecule has 0 aliphatic heterocycles. The highest BCUT2D eigenvalue weighted by atomic mass is 14.9. The quantitative estimate of drug-likeness (QED) is 0.116. The van der Waals surface area contributed by atoms with E-state index in [1.807, 2.05) is 0 Å². The zero-order chi connectivity index (χ0) is 36.9. The SMILES string of the molecule is CC(C)(C)c1c2cc3nc4c(nc3cc2c(C(C)(C)C)c2nc3c(nc12)C1c2ccccc2C3C2CCC=CC12)C12c3ccccc3C1c1ccccc1C42. The number of rotatable bonds is 0. The molecule has 2 bridgehead atoms. The maximum Gasteiger partial charge on any atom is 0.0937 e. The van der Waals surface area contributed by atoms with Crippen molar-refractivity contribution >= 4 is 32.8 Å². The smallest absolute Gasteiger partial charge is 0.0937 e. The first-order chi connectivity index (χ1) is 26.6. The van der Waals surface area contributed by atoms with Crippen molar-refractivity contribution in [2.24, 2.45) is 11.8 Å². The van der Waals surface area contributed by atoms with E-state index in [1.165, 1.54) is 78.8 Å². The summed E-state index contributed by atoms with van der Waals surface area (Å²) in [6.45, 7) is 14.1. The third-order valence-electron chi connectivity index (χ3n) is 14.8. The number of hydrogen-bond donors (Lipinski definition) is 0. The molecule has 7 aromatic rings. The predicted molar refractivity (Wildman–Crippen MR) is 220 cm³/mol. The lowest BCUT2D eigenvalue weighted by molar-refractivity contribution is 0.245. The zero-order valence-electron chi connectivity index (χ0n) is 32.4. The van der Waals surface area contributed by atoms with E-state index in [4.69, 9.17) is 19.9 Å². The Morgan fingerprint density at radius 2 is 1.11 bits per heavy atom. The maximum atomic E-state index is 5.90. The summed E-state index contributed by atoms with van der Waals surface area (Å²) in [5.74, 6) is 2.12. The van der Waals surface area contributed by atoms with Crippen molar-refractivity contribution in [3.8, 4) is 0 Å². The van der Waals surface area contributed by atoms with Crippen molar-refractivity contribution in [1.82, 2.24) is 19.9 Å². The predicted octanol–water partition coefficient (Wildman–Crippen LogP) is 11.4. The summed E-state index contributed by atoms with van der Waals surface area (Å²) in [5.41, 5.74) is 19.6. The number of aromatic nitrogens is 4. The van der Waals surface area contributed by atoms with E-state index >= 15 is 0 Å². The van der Waals surface area contributed by atoms with Crippen molar-refractivity contribution in [3.63, 3.8) is 0 Å². The molecule has 5 aromatic carbocycles. The molecule has 7 unspecified atom stereocenters. The van der Waals surface area contributed by atoms with Crippen molar-refractivity contribution in [2.75, 3.05) is 0 Å². The Kier molecular flexibility index (Phi) is 5.51. The number of allylic oxidation sites excluding steroid dienone is 2. The third-order valence-corrected chi connectivity index (χ3v) is 14.8. The van der Waals surface area contributed by atoms with Gasteiger partial charge in [0.25, 0.3) is 0 Å². The zero-order valence-corrected chi connectivity index (χ0v) is 32.4. The van der Waals surface area contributed by atoms with E-state index in [0.717, 1.165) is 34.2 Å². The number of benzene rings is 5. The Bertz CT molecular complexity index is 2960. The van der Waals surface area contributed by atoms with Crippen molar-refractivity contribution < 1.29 is 0 Å². The molecule has 0 N–H and O–H groups in total. The Balaban J connectivity index is 1.12. The molecule has 7 aliphatic carbocycles. The topological polar surface area (TPSA) is 51.6 Å². The van der Waals surface area contributed by atoms with Crippen LogP contribution in [-0.2, 0) is 16.2 Å². The minimum atomic E-state index is -0.188. The minimum Gasteiger partial charge on any atom is -0.249 e. The van der Waals surface area contributed by atoms with Crippen LogP contribution in [0.1, 0.15) is 145 Å². The van der Waals surface area contributed by atoms with Gasteiger partial charge in [0, 0.05) is 23.7 Å². The van der Waals surface area contributed by atoms with Crippen LogP contribution in [0, 0.1) is 11.8 Å². The minimum absolute atomic E-state index is 0.120. The molecule has 4 heteroatoms. The van der Waals surface area contributed by atoms with Crippen LogP contribution in [0.4, 0.5) is 0 Å². The summed E-state index contributed by atoms with van der Waals surface area (Å²) in [4.78, 5) is 23.1. The largest absolute Gasteiger partial charge is 0.249 e. The molecule has 2 aromatic heterocycles. The average Bonchev–Trinajstić information content (AvgIpc) is 3.38. The van der Waals surface area contributed by atoms with E-state index in [0.29, 0.717) is 17.8 Å². The average molecular weight is 713 g/mol. The molecule has 2 heterocycles. The summed E-state index contributed by atoms with van der Waals surface area (Å²) in [7, 11) is 0. The Labute approximate surface area is 322 Å². The second kappa shape index (κ2) is 9.77. The molecular weight excluding hydrogens is 669 g/mol. The Hall–Kier alpha value is -5.22. The molecule has 0 fully saturated rings. The van der Waals surface area contributed by atoms with Gasteiger partial charge in [-0.2, -0.15) is 0 Å². The van der Waals surface area contributed by atoms with Crippen LogP contribution in [0.3, 0.4) is 0 Å². The fourth-order valence-corrected chi connectivity index (χ4v) is 13.0. The van der Waals surface area contributed by atoms with Crippen LogP contribution in [0.25, 0.3) is 32.8 Å². The highest BCUT2D eigenvalue weighted by Gasteiger charge is 2.71. The summed E-state index contributed by atoms with van der Waals surface area (Å²) >= 11 is 0. The summed E-state index contributed by atoms with van der Waals surface area (Å²) < 4.78 is 0. The van der Waals surface area contributed by atoms with Gasteiger partial charge in [0.2, 0.25) is 0 Å². The molecule has 0 saturated carbocycles. The van der Waals surface area contributed by atoms with Crippen LogP contribution < -0.4 is 0 Å². The normalized spacial score (nSPS) is 27.3. The van der Waals surface area contributed by atoms with Crippen LogP contribution in [0.5, 0.6) is 0 Å². The van der Waals surface area contributed by atoms with E-state index < -0.39 is 0 Å². The first-order valence-corrected chi connectivity index (χ1v) is 20.5. The Morgan fingerprint density at radius 3 is 1.76 bits per heavy atom. The summed E-state index contributed by atoms with van der Waals surface area (Å²) in [6.07, 6.45) is 7.29.